The zero-order valence-corrected chi connectivity index (χ0v) is 26.6. The van der Waals surface area contributed by atoms with E-state index in [0.29, 0.717) is 33.2 Å². The largest absolute Gasteiger partial charge is 0.456 e. The van der Waals surface area contributed by atoms with E-state index in [1.165, 1.54) is 0 Å². The molecule has 0 N–H and O–H groups in total. The third kappa shape index (κ3) is 4.22. The van der Waals surface area contributed by atoms with Gasteiger partial charge < -0.3 is 4.42 Å². The van der Waals surface area contributed by atoms with Crippen molar-refractivity contribution in [1.29, 1.82) is 0 Å². The van der Waals surface area contributed by atoms with Gasteiger partial charge in [-0.3, -0.25) is 0 Å². The summed E-state index contributed by atoms with van der Waals surface area (Å²) < 4.78 is 144. The molecule has 11 aromatic rings. The van der Waals surface area contributed by atoms with Gasteiger partial charge in [0.25, 0.3) is 0 Å². The summed E-state index contributed by atoms with van der Waals surface area (Å²) in [4.78, 5) is 0. The van der Waals surface area contributed by atoms with Crippen molar-refractivity contribution >= 4 is 75.8 Å². The van der Waals surface area contributed by atoms with Crippen LogP contribution in [0.3, 0.4) is 0 Å². The molecular formula is C50H30O. The van der Waals surface area contributed by atoms with Crippen LogP contribution in [0.25, 0.3) is 109 Å². The molecule has 0 amide bonds. The molecule has 51 heavy (non-hydrogen) atoms. The normalized spacial score (nSPS) is 16.0. The predicted molar refractivity (Wildman–Crippen MR) is 218 cm³/mol. The van der Waals surface area contributed by atoms with Gasteiger partial charge in [-0.15, -0.1) is 0 Å². The van der Waals surface area contributed by atoms with E-state index in [-0.39, 0.29) is 32.7 Å². The van der Waals surface area contributed by atoms with Crippen molar-refractivity contribution in [2.45, 2.75) is 0 Å². The smallest absolute Gasteiger partial charge is 0.136 e. The van der Waals surface area contributed by atoms with Gasteiger partial charge in [-0.1, -0.05) is 151 Å². The molecule has 0 spiro atoms. The molecule has 0 aliphatic heterocycles. The van der Waals surface area contributed by atoms with Gasteiger partial charge in [-0.25, -0.2) is 0 Å². The van der Waals surface area contributed by atoms with Gasteiger partial charge >= 0.3 is 0 Å². The first-order valence-corrected chi connectivity index (χ1v) is 16.4. The van der Waals surface area contributed by atoms with Crippen LogP contribution in [0.4, 0.5) is 0 Å². The summed E-state index contributed by atoms with van der Waals surface area (Å²) >= 11 is 0. The molecule has 0 unspecified atom stereocenters. The fourth-order valence-electron chi connectivity index (χ4n) is 7.53. The molecule has 0 saturated heterocycles. The summed E-state index contributed by atoms with van der Waals surface area (Å²) in [5.41, 5.74) is 1.82. The lowest BCUT2D eigenvalue weighted by Gasteiger charge is -2.21. The molecule has 1 heterocycles. The zero-order chi connectivity index (χ0) is 46.5. The van der Waals surface area contributed by atoms with Gasteiger partial charge in [0.15, 0.2) is 0 Å². The number of benzene rings is 10. The average molecular weight is 662 g/mol. The summed E-state index contributed by atoms with van der Waals surface area (Å²) in [6.45, 7) is 0. The van der Waals surface area contributed by atoms with E-state index in [1.807, 2.05) is 91.0 Å². The Hall–Kier alpha value is -6.70. The van der Waals surface area contributed by atoms with E-state index in [2.05, 4.69) is 0 Å². The van der Waals surface area contributed by atoms with Gasteiger partial charge in [0.1, 0.15) is 11.2 Å². The fraction of sp³-hybridized carbons (Fsp3) is 0. The highest BCUT2D eigenvalue weighted by Gasteiger charge is 2.22. The average Bonchev–Trinajstić information content (AvgIpc) is 3.72. The Morgan fingerprint density at radius 3 is 1.73 bits per heavy atom. The molecule has 0 saturated carbocycles. The number of hydrogen-bond acceptors (Lipinski definition) is 1. The number of furan rings is 1. The predicted octanol–water partition coefficient (Wildman–Crippen LogP) is 14.4. The van der Waals surface area contributed by atoms with Crippen molar-refractivity contribution in [1.82, 2.24) is 0 Å². The highest BCUT2D eigenvalue weighted by molar-refractivity contribution is 6.26. The van der Waals surface area contributed by atoms with E-state index in [9.17, 15) is 8.22 Å². The Morgan fingerprint density at radius 2 is 0.980 bits per heavy atom. The van der Waals surface area contributed by atoms with Crippen LogP contribution in [0.15, 0.2) is 186 Å². The second-order valence-electron chi connectivity index (χ2n) is 12.4. The van der Waals surface area contributed by atoms with Crippen LogP contribution in [0.5, 0.6) is 0 Å². The Kier molecular flexibility index (Phi) is 3.70. The minimum atomic E-state index is -0.746. The van der Waals surface area contributed by atoms with Gasteiger partial charge in [0, 0.05) is 10.8 Å². The molecule has 11 rings (SSSR count). The molecule has 10 aromatic carbocycles. The molecule has 0 fully saturated rings. The lowest BCUT2D eigenvalue weighted by atomic mass is 9.82. The van der Waals surface area contributed by atoms with Crippen LogP contribution in [-0.4, -0.2) is 0 Å². The molecule has 0 atom stereocenters. The molecule has 0 aliphatic rings. The molecule has 0 aliphatic carbocycles. The van der Waals surface area contributed by atoms with E-state index in [4.69, 9.17) is 16.8 Å². The quantitative estimate of drug-likeness (QED) is 0.172. The van der Waals surface area contributed by atoms with Crippen LogP contribution in [0.1, 0.15) is 20.6 Å². The highest BCUT2D eigenvalue weighted by Crippen LogP contribution is 2.49. The van der Waals surface area contributed by atoms with E-state index in [0.717, 1.165) is 26.9 Å². The number of rotatable bonds is 3. The third-order valence-corrected chi connectivity index (χ3v) is 9.71. The van der Waals surface area contributed by atoms with Crippen LogP contribution < -0.4 is 0 Å². The molecule has 1 nitrogen and oxygen atoms in total. The van der Waals surface area contributed by atoms with Crippen LogP contribution in [0, 0.1) is 0 Å². The zero-order valence-electron chi connectivity index (χ0n) is 41.6. The first-order valence-electron chi connectivity index (χ1n) is 23.9. The second kappa shape index (κ2) is 10.9. The first kappa shape index (κ1) is 17.3. The molecule has 0 radical (unpaired) electrons. The Labute approximate surface area is 315 Å². The summed E-state index contributed by atoms with van der Waals surface area (Å²) in [5, 5.41) is 3.05. The van der Waals surface area contributed by atoms with Crippen molar-refractivity contribution < 1.29 is 25.0 Å². The van der Waals surface area contributed by atoms with E-state index < -0.39 is 107 Å². The van der Waals surface area contributed by atoms with Crippen LogP contribution >= 0.6 is 0 Å². The highest BCUT2D eigenvalue weighted by atomic mass is 16.3. The molecular weight excluding hydrogens is 617 g/mol. The van der Waals surface area contributed by atoms with Crippen molar-refractivity contribution in [2.75, 3.05) is 0 Å². The third-order valence-electron chi connectivity index (χ3n) is 9.71. The molecule has 0 bridgehead atoms. The minimum absolute atomic E-state index is 0.0185. The minimum Gasteiger partial charge on any atom is -0.456 e. The maximum atomic E-state index is 9.68. The summed E-state index contributed by atoms with van der Waals surface area (Å²) in [6.07, 6.45) is 0. The van der Waals surface area contributed by atoms with Crippen LogP contribution in [0.2, 0.25) is 0 Å². The van der Waals surface area contributed by atoms with Crippen molar-refractivity contribution in [3.8, 4) is 33.4 Å². The van der Waals surface area contributed by atoms with Gasteiger partial charge in [-0.05, 0) is 118 Å². The lowest BCUT2D eigenvalue weighted by molar-refractivity contribution is 0.669. The number of fused-ring (bicyclic) bond motifs is 9. The van der Waals surface area contributed by atoms with Crippen molar-refractivity contribution in [3.63, 3.8) is 0 Å². The van der Waals surface area contributed by atoms with E-state index in [1.54, 1.807) is 0 Å². The number of hydrogen-bond donors (Lipinski definition) is 0. The van der Waals surface area contributed by atoms with Gasteiger partial charge in [0.2, 0.25) is 0 Å². The molecule has 236 valence electrons. The molecule has 1 aromatic heterocycles. The Morgan fingerprint density at radius 1 is 0.373 bits per heavy atom. The standard InChI is InChI=1S/C50H30O/c1-2-14-33-28-36(25-24-31(33)12-1)47-38-18-7-9-20-40(38)48(41-21-10-8-19-39(41)47)44-30-35-16-4-3-15-34(35)29-43(44)42-22-11-23-45-50(42)49-37-17-6-5-13-32(37)26-27-46(49)51-45/h1-30H/i1D,2D,7D,8D,9D,10D,12D,14D,18D,19D,20D,21D,24D,25D,28D. The first-order chi connectivity index (χ1) is 31.5. The Bertz CT molecular complexity index is 3980. The molecule has 1 heteroatoms. The summed E-state index contributed by atoms with van der Waals surface area (Å²) in [5.74, 6) is 0. The maximum absolute atomic E-state index is 9.68. The summed E-state index contributed by atoms with van der Waals surface area (Å²) in [7, 11) is 0. The Balaban J connectivity index is 1.43. The van der Waals surface area contributed by atoms with Crippen LogP contribution in [-0.2, 0) is 0 Å². The van der Waals surface area contributed by atoms with Gasteiger partial charge in [-0.2, -0.15) is 0 Å². The van der Waals surface area contributed by atoms with Crippen molar-refractivity contribution in [3.05, 3.63) is 182 Å². The maximum Gasteiger partial charge on any atom is 0.136 e. The monoisotopic (exact) mass is 661 g/mol. The van der Waals surface area contributed by atoms with E-state index >= 15 is 0 Å². The van der Waals surface area contributed by atoms with Gasteiger partial charge in [0.05, 0.1) is 20.6 Å². The van der Waals surface area contributed by atoms with Crippen molar-refractivity contribution in [2.24, 2.45) is 0 Å². The second-order valence-corrected chi connectivity index (χ2v) is 12.4. The summed E-state index contributed by atoms with van der Waals surface area (Å²) in [6, 6.07) is 18.4. The topological polar surface area (TPSA) is 13.1 Å². The SMILES string of the molecule is [2H]c1c([2H])c([2H])c2c([2H])c(-c3c4c([2H])c([2H])c([2H])c([2H])c4c(-c4cc5ccccc5cc4-c4cccc5oc6ccc7ccccc7c6c45)c4c([2H])c([2H])c([2H])c([2H])c34)c([2H])c([2H])c2c1[2H]. The lowest BCUT2D eigenvalue weighted by Crippen LogP contribution is -1.93. The fourth-order valence-corrected chi connectivity index (χ4v) is 7.53.